The molecule has 0 spiro atoms. The van der Waals surface area contributed by atoms with Gasteiger partial charge >= 0.3 is 0 Å². The van der Waals surface area contributed by atoms with Gasteiger partial charge in [-0.3, -0.25) is 33.8 Å². The van der Waals surface area contributed by atoms with Crippen LogP contribution >= 0.6 is 35.0 Å². The zero-order chi connectivity index (χ0) is 23.7. The van der Waals surface area contributed by atoms with Gasteiger partial charge in [0.05, 0.1) is 26.8 Å². The van der Waals surface area contributed by atoms with E-state index in [1.807, 2.05) is 12.2 Å². The predicted molar refractivity (Wildman–Crippen MR) is 124 cm³/mol. The normalized spacial score (nSPS) is 23.6. The maximum absolute atomic E-state index is 12.6. The van der Waals surface area contributed by atoms with Crippen molar-refractivity contribution < 1.29 is 24.0 Å². The summed E-state index contributed by atoms with van der Waals surface area (Å²) in [6.07, 6.45) is 6.31. The second-order valence-corrected chi connectivity index (χ2v) is 9.58. The Morgan fingerprint density at radius 2 is 1.70 bits per heavy atom. The van der Waals surface area contributed by atoms with Gasteiger partial charge in [-0.25, -0.2) is 0 Å². The molecule has 0 radical (unpaired) electrons. The highest BCUT2D eigenvalue weighted by molar-refractivity contribution is 8.18. The van der Waals surface area contributed by atoms with Gasteiger partial charge in [0.1, 0.15) is 6.54 Å². The summed E-state index contributed by atoms with van der Waals surface area (Å²) in [6.45, 7) is -0.405. The van der Waals surface area contributed by atoms with Crippen LogP contribution in [0.15, 0.2) is 35.3 Å². The van der Waals surface area contributed by atoms with Gasteiger partial charge in [0.25, 0.3) is 11.1 Å². The zero-order valence-electron chi connectivity index (χ0n) is 17.3. The number of carbonyl (C=O) groups excluding carboxylic acids is 5. The Hall–Kier alpha value is -2.62. The van der Waals surface area contributed by atoms with Gasteiger partial charge in [-0.1, -0.05) is 41.4 Å². The average molecular weight is 508 g/mol. The molecule has 2 heterocycles. The summed E-state index contributed by atoms with van der Waals surface area (Å²) in [5, 5.41) is 2.83. The lowest BCUT2D eigenvalue weighted by molar-refractivity contribution is -0.143. The lowest BCUT2D eigenvalue weighted by Crippen LogP contribution is -2.43. The smallest absolute Gasteiger partial charge is 0.293 e. The number of benzene rings is 1. The number of allylic oxidation sites excluding steroid dienone is 2. The van der Waals surface area contributed by atoms with Crippen LogP contribution in [0.2, 0.25) is 10.0 Å². The fourth-order valence-electron chi connectivity index (χ4n) is 3.98. The molecule has 11 heteroatoms. The minimum Gasteiger partial charge on any atom is -0.353 e. The summed E-state index contributed by atoms with van der Waals surface area (Å²) in [5.74, 6) is -2.46. The van der Waals surface area contributed by atoms with E-state index in [1.54, 1.807) is 24.3 Å². The molecule has 2 atom stereocenters. The Labute approximate surface area is 203 Å². The van der Waals surface area contributed by atoms with Gasteiger partial charge in [-0.05, 0) is 48.4 Å². The van der Waals surface area contributed by atoms with E-state index in [4.69, 9.17) is 23.2 Å². The Kier molecular flexibility index (Phi) is 6.92. The van der Waals surface area contributed by atoms with Crippen LogP contribution in [0.3, 0.4) is 0 Å². The molecule has 2 fully saturated rings. The van der Waals surface area contributed by atoms with Gasteiger partial charge in [0.15, 0.2) is 0 Å². The van der Waals surface area contributed by atoms with Crippen molar-refractivity contribution in [1.29, 1.82) is 0 Å². The van der Waals surface area contributed by atoms with Crippen molar-refractivity contribution in [1.82, 2.24) is 15.1 Å². The van der Waals surface area contributed by atoms with Crippen molar-refractivity contribution in [2.45, 2.75) is 12.8 Å². The molecule has 0 saturated carbocycles. The van der Waals surface area contributed by atoms with Crippen molar-refractivity contribution in [2.75, 3.05) is 19.6 Å². The van der Waals surface area contributed by atoms with Crippen LogP contribution in [-0.2, 0) is 19.2 Å². The molecule has 4 rings (SSSR count). The number of rotatable bonds is 6. The van der Waals surface area contributed by atoms with Crippen LogP contribution in [0.4, 0.5) is 4.79 Å². The molecule has 5 amide bonds. The molecule has 1 aromatic rings. The topological polar surface area (TPSA) is 104 Å². The fraction of sp³-hybridized carbons (Fsp3) is 0.318. The van der Waals surface area contributed by atoms with Crippen LogP contribution in [0.1, 0.15) is 18.4 Å². The number of imide groups is 2. The number of hydrogen-bond acceptors (Lipinski definition) is 6. The average Bonchev–Trinajstić information content (AvgIpc) is 3.19. The van der Waals surface area contributed by atoms with E-state index in [9.17, 15) is 24.0 Å². The van der Waals surface area contributed by atoms with Crippen molar-refractivity contribution in [2.24, 2.45) is 11.8 Å². The number of amides is 5. The fourth-order valence-corrected chi connectivity index (χ4v) is 5.15. The molecule has 1 N–H and O–H groups in total. The van der Waals surface area contributed by atoms with Gasteiger partial charge in [0, 0.05) is 13.1 Å². The SMILES string of the molecule is O=C(CN1C(=O)[C@H]2CC=CC[C@@H]2C1=O)NCCN1C(=O)S/C(=C\c2ccc(Cl)c(Cl)c2)C1=O. The van der Waals surface area contributed by atoms with Crippen LogP contribution < -0.4 is 5.32 Å². The Balaban J connectivity index is 1.30. The summed E-state index contributed by atoms with van der Waals surface area (Å²) >= 11 is 12.7. The van der Waals surface area contributed by atoms with E-state index in [0.717, 1.165) is 21.6 Å². The first kappa shape index (κ1) is 23.5. The summed E-state index contributed by atoms with van der Waals surface area (Å²) in [5.41, 5.74) is 0.624. The number of thioether (sulfide) groups is 1. The number of halogens is 2. The lowest BCUT2D eigenvalue weighted by atomic mass is 9.85. The second-order valence-electron chi connectivity index (χ2n) is 7.78. The third-order valence-electron chi connectivity index (χ3n) is 5.67. The first-order valence-corrected chi connectivity index (χ1v) is 11.8. The molecule has 0 unspecified atom stereocenters. The van der Waals surface area contributed by atoms with Crippen LogP contribution in [-0.4, -0.2) is 58.3 Å². The molecule has 0 bridgehead atoms. The lowest BCUT2D eigenvalue weighted by Gasteiger charge is -2.16. The maximum Gasteiger partial charge on any atom is 0.293 e. The molecule has 2 saturated heterocycles. The number of carbonyl (C=O) groups is 5. The molecule has 1 aliphatic carbocycles. The maximum atomic E-state index is 12.6. The standard InChI is InChI=1S/C22H19Cl2N3O5S/c23-15-6-5-12(9-16(15)24)10-17-21(31)26(22(32)33-17)8-7-25-18(28)11-27-19(29)13-3-1-2-4-14(13)20(27)30/h1-2,5-6,9-10,13-14H,3-4,7-8,11H2,(H,25,28)/b17-10-/t13-,14-/m0/s1. The first-order chi connectivity index (χ1) is 15.8. The third kappa shape index (κ3) is 4.85. The minimum absolute atomic E-state index is 0.00155. The summed E-state index contributed by atoms with van der Waals surface area (Å²) in [6, 6.07) is 4.86. The van der Waals surface area contributed by atoms with Crippen molar-refractivity contribution in [3.8, 4) is 0 Å². The molecule has 0 aromatic heterocycles. The third-order valence-corrected chi connectivity index (χ3v) is 7.32. The largest absolute Gasteiger partial charge is 0.353 e. The molecular formula is C22H19Cl2N3O5S. The molecule has 2 aliphatic heterocycles. The van der Waals surface area contributed by atoms with Gasteiger partial charge < -0.3 is 5.32 Å². The van der Waals surface area contributed by atoms with Crippen LogP contribution in [0.5, 0.6) is 0 Å². The van der Waals surface area contributed by atoms with Crippen LogP contribution in [0.25, 0.3) is 6.08 Å². The minimum atomic E-state index is -0.526. The predicted octanol–water partition coefficient (Wildman–Crippen LogP) is 3.10. The molecule has 1 aromatic carbocycles. The molecular weight excluding hydrogens is 489 g/mol. The number of likely N-dealkylation sites (tertiary alicyclic amines) is 1. The number of fused-ring (bicyclic) bond motifs is 1. The van der Waals surface area contributed by atoms with Crippen molar-refractivity contribution in [3.63, 3.8) is 0 Å². The first-order valence-electron chi connectivity index (χ1n) is 10.2. The number of nitrogens with zero attached hydrogens (tertiary/aromatic N) is 2. The highest BCUT2D eigenvalue weighted by Crippen LogP contribution is 2.35. The van der Waals surface area contributed by atoms with E-state index in [1.165, 1.54) is 0 Å². The Bertz CT molecular complexity index is 1090. The number of nitrogens with one attached hydrogen (secondary N) is 1. The van der Waals surface area contributed by atoms with E-state index in [0.29, 0.717) is 28.5 Å². The highest BCUT2D eigenvalue weighted by atomic mass is 35.5. The van der Waals surface area contributed by atoms with E-state index >= 15 is 0 Å². The highest BCUT2D eigenvalue weighted by Gasteiger charge is 2.47. The van der Waals surface area contributed by atoms with E-state index in [2.05, 4.69) is 5.32 Å². The molecule has 33 heavy (non-hydrogen) atoms. The summed E-state index contributed by atoms with van der Waals surface area (Å²) in [7, 11) is 0. The van der Waals surface area contributed by atoms with E-state index in [-0.39, 0.29) is 36.4 Å². The number of hydrogen-bond donors (Lipinski definition) is 1. The quantitative estimate of drug-likeness (QED) is 0.360. The van der Waals surface area contributed by atoms with Gasteiger partial charge in [-0.2, -0.15) is 0 Å². The van der Waals surface area contributed by atoms with Crippen molar-refractivity contribution >= 4 is 69.9 Å². The second kappa shape index (κ2) is 9.70. The molecule has 172 valence electrons. The monoisotopic (exact) mass is 507 g/mol. The molecule has 8 nitrogen and oxygen atoms in total. The Morgan fingerprint density at radius 3 is 2.33 bits per heavy atom. The summed E-state index contributed by atoms with van der Waals surface area (Å²) in [4.78, 5) is 64.3. The zero-order valence-corrected chi connectivity index (χ0v) is 19.6. The molecule has 3 aliphatic rings. The van der Waals surface area contributed by atoms with Gasteiger partial charge in [-0.15, -0.1) is 0 Å². The van der Waals surface area contributed by atoms with Crippen LogP contribution in [0, 0.1) is 11.8 Å². The summed E-state index contributed by atoms with van der Waals surface area (Å²) < 4.78 is 0. The van der Waals surface area contributed by atoms with E-state index < -0.39 is 28.9 Å². The van der Waals surface area contributed by atoms with Gasteiger partial charge in [0.2, 0.25) is 17.7 Å². The van der Waals surface area contributed by atoms with Crippen molar-refractivity contribution in [3.05, 3.63) is 50.9 Å². The Morgan fingerprint density at radius 1 is 1.03 bits per heavy atom.